The second-order valence-electron chi connectivity index (χ2n) is 7.71. The third-order valence-electron chi connectivity index (χ3n) is 5.52. The number of nitrogens with zero attached hydrogens (tertiary/aromatic N) is 3. The Bertz CT molecular complexity index is 1210. The van der Waals surface area contributed by atoms with Gasteiger partial charge in [0.1, 0.15) is 12.4 Å². The average Bonchev–Trinajstić information content (AvgIpc) is 3.48. The molecular weight excluding hydrogens is 420 g/mol. The molecule has 2 aromatic carbocycles. The van der Waals surface area contributed by atoms with Crippen molar-refractivity contribution in [2.75, 3.05) is 7.11 Å². The average molecular weight is 447 g/mol. The summed E-state index contributed by atoms with van der Waals surface area (Å²) in [5.74, 6) is 1.54. The highest BCUT2D eigenvalue weighted by Crippen LogP contribution is 2.30. The van der Waals surface area contributed by atoms with Crippen LogP contribution >= 0.6 is 0 Å². The number of imidazole rings is 1. The number of aryl methyl sites for hydroxylation is 2. The number of carbonyl (C=O) groups is 1. The quantitative estimate of drug-likeness (QED) is 0.427. The van der Waals surface area contributed by atoms with E-state index in [1.807, 2.05) is 55.8 Å². The molecule has 0 radical (unpaired) electrons. The summed E-state index contributed by atoms with van der Waals surface area (Å²) in [6.07, 6.45) is 5.36. The number of ether oxygens (including phenoxy) is 2. The number of hydrogen-bond donors (Lipinski definition) is 1. The smallest absolute Gasteiger partial charge is 0.251 e. The van der Waals surface area contributed by atoms with Crippen LogP contribution in [0.4, 0.5) is 0 Å². The molecule has 8 heteroatoms. The lowest BCUT2D eigenvalue weighted by Crippen LogP contribution is -2.26. The Morgan fingerprint density at radius 3 is 2.58 bits per heavy atom. The lowest BCUT2D eigenvalue weighted by atomic mass is 10.1. The number of amides is 1. The van der Waals surface area contributed by atoms with E-state index in [0.717, 1.165) is 28.3 Å². The van der Waals surface area contributed by atoms with Gasteiger partial charge in [0.2, 0.25) is 0 Å². The Labute approximate surface area is 192 Å². The van der Waals surface area contributed by atoms with E-state index in [1.165, 1.54) is 0 Å². The lowest BCUT2D eigenvalue weighted by molar-refractivity contribution is 0.0939. The maximum absolute atomic E-state index is 12.9. The number of carbonyl (C=O) groups excluding carboxylic acids is 1. The van der Waals surface area contributed by atoms with Gasteiger partial charge in [-0.25, -0.2) is 4.98 Å². The number of methoxy groups -OCH3 is 1. The minimum Gasteiger partial charge on any atom is -0.493 e. The summed E-state index contributed by atoms with van der Waals surface area (Å²) in [5, 5.41) is 6.97. The minimum absolute atomic E-state index is 0.171. The standard InChI is InChI=1S/C25H26N4O4/c1-16(19-5-8-21(9-6-19)29-12-11-26-15-29)27-25(30)20-7-10-23(24(13-20)31-4)32-14-22-17(2)28-33-18(22)3/h5-13,15-16H,14H2,1-4H3,(H,27,30)/t16-/m0/s1. The second-order valence-corrected chi connectivity index (χ2v) is 7.71. The van der Waals surface area contributed by atoms with Crippen LogP contribution < -0.4 is 14.8 Å². The number of aromatic nitrogens is 3. The fourth-order valence-corrected chi connectivity index (χ4v) is 3.50. The van der Waals surface area contributed by atoms with Gasteiger partial charge in [-0.1, -0.05) is 17.3 Å². The van der Waals surface area contributed by atoms with Gasteiger partial charge in [-0.2, -0.15) is 0 Å². The summed E-state index contributed by atoms with van der Waals surface area (Å²) < 4.78 is 18.4. The first-order chi connectivity index (χ1) is 16.0. The zero-order valence-electron chi connectivity index (χ0n) is 19.0. The van der Waals surface area contributed by atoms with Gasteiger partial charge >= 0.3 is 0 Å². The van der Waals surface area contributed by atoms with Gasteiger partial charge in [-0.05, 0) is 56.7 Å². The lowest BCUT2D eigenvalue weighted by Gasteiger charge is -2.16. The molecule has 1 atom stereocenters. The van der Waals surface area contributed by atoms with Crippen LogP contribution in [-0.4, -0.2) is 27.7 Å². The van der Waals surface area contributed by atoms with Crippen LogP contribution in [0.1, 0.15) is 45.9 Å². The predicted octanol–water partition coefficient (Wildman–Crippen LogP) is 4.56. The van der Waals surface area contributed by atoms with Gasteiger partial charge in [0.15, 0.2) is 11.5 Å². The van der Waals surface area contributed by atoms with Crippen molar-refractivity contribution in [2.45, 2.75) is 33.4 Å². The monoisotopic (exact) mass is 446 g/mol. The van der Waals surface area contributed by atoms with Crippen molar-refractivity contribution in [2.24, 2.45) is 0 Å². The molecule has 2 heterocycles. The normalized spacial score (nSPS) is 11.8. The summed E-state index contributed by atoms with van der Waals surface area (Å²) in [7, 11) is 1.55. The first kappa shape index (κ1) is 22.1. The van der Waals surface area contributed by atoms with Crippen LogP contribution in [0.3, 0.4) is 0 Å². The van der Waals surface area contributed by atoms with Crippen molar-refractivity contribution in [3.05, 3.63) is 89.3 Å². The summed E-state index contributed by atoms with van der Waals surface area (Å²) in [4.78, 5) is 16.9. The molecule has 0 aliphatic rings. The summed E-state index contributed by atoms with van der Waals surface area (Å²) in [6, 6.07) is 12.9. The molecule has 0 aliphatic heterocycles. The van der Waals surface area contributed by atoms with E-state index in [0.29, 0.717) is 23.7 Å². The van der Waals surface area contributed by atoms with Gasteiger partial charge in [-0.3, -0.25) is 4.79 Å². The molecule has 0 aliphatic carbocycles. The highest BCUT2D eigenvalue weighted by Gasteiger charge is 2.16. The largest absolute Gasteiger partial charge is 0.493 e. The molecule has 0 bridgehead atoms. The maximum Gasteiger partial charge on any atom is 0.251 e. The maximum atomic E-state index is 12.9. The summed E-state index contributed by atoms with van der Waals surface area (Å²) in [6.45, 7) is 5.96. The Balaban J connectivity index is 1.42. The third-order valence-corrected chi connectivity index (χ3v) is 5.52. The van der Waals surface area contributed by atoms with E-state index >= 15 is 0 Å². The molecule has 4 rings (SSSR count). The molecule has 0 spiro atoms. The fourth-order valence-electron chi connectivity index (χ4n) is 3.50. The van der Waals surface area contributed by atoms with E-state index in [4.69, 9.17) is 14.0 Å². The second kappa shape index (κ2) is 9.60. The number of benzene rings is 2. The summed E-state index contributed by atoms with van der Waals surface area (Å²) >= 11 is 0. The molecule has 0 unspecified atom stereocenters. The highest BCUT2D eigenvalue weighted by molar-refractivity contribution is 5.95. The summed E-state index contributed by atoms with van der Waals surface area (Å²) in [5.41, 5.74) is 4.17. The van der Waals surface area contributed by atoms with Crippen LogP contribution in [0, 0.1) is 13.8 Å². The number of nitrogens with one attached hydrogen (secondary N) is 1. The first-order valence-electron chi connectivity index (χ1n) is 10.6. The predicted molar refractivity (Wildman–Crippen MR) is 123 cm³/mol. The Morgan fingerprint density at radius 2 is 1.94 bits per heavy atom. The zero-order chi connectivity index (χ0) is 23.4. The molecule has 1 amide bonds. The Kier molecular flexibility index (Phi) is 6.44. The van der Waals surface area contributed by atoms with E-state index in [1.54, 1.807) is 37.8 Å². The van der Waals surface area contributed by atoms with Crippen LogP contribution in [0.25, 0.3) is 5.69 Å². The number of hydrogen-bond acceptors (Lipinski definition) is 6. The van der Waals surface area contributed by atoms with Crippen molar-refractivity contribution >= 4 is 5.91 Å². The van der Waals surface area contributed by atoms with Gasteiger partial charge < -0.3 is 23.9 Å². The zero-order valence-corrected chi connectivity index (χ0v) is 19.0. The third kappa shape index (κ3) is 4.90. The van der Waals surface area contributed by atoms with Crippen molar-refractivity contribution in [1.82, 2.24) is 20.0 Å². The SMILES string of the molecule is COc1cc(C(=O)N[C@@H](C)c2ccc(-n3ccnc3)cc2)ccc1OCc1c(C)noc1C. The van der Waals surface area contributed by atoms with E-state index in [2.05, 4.69) is 15.5 Å². The fraction of sp³-hybridized carbons (Fsp3) is 0.240. The topological polar surface area (TPSA) is 91.4 Å². The molecule has 2 aromatic heterocycles. The van der Waals surface area contributed by atoms with Crippen molar-refractivity contribution < 1.29 is 18.8 Å². The van der Waals surface area contributed by atoms with Crippen LogP contribution in [0.5, 0.6) is 11.5 Å². The minimum atomic E-state index is -0.197. The van der Waals surface area contributed by atoms with Crippen molar-refractivity contribution in [3.63, 3.8) is 0 Å². The van der Waals surface area contributed by atoms with Gasteiger partial charge in [0.05, 0.1) is 30.7 Å². The van der Waals surface area contributed by atoms with Crippen LogP contribution in [-0.2, 0) is 6.61 Å². The Hall–Kier alpha value is -4.07. The van der Waals surface area contributed by atoms with E-state index < -0.39 is 0 Å². The van der Waals surface area contributed by atoms with E-state index in [9.17, 15) is 4.79 Å². The highest BCUT2D eigenvalue weighted by atomic mass is 16.5. The van der Waals surface area contributed by atoms with Gasteiger partial charge in [-0.15, -0.1) is 0 Å². The van der Waals surface area contributed by atoms with Crippen LogP contribution in [0.2, 0.25) is 0 Å². The van der Waals surface area contributed by atoms with E-state index in [-0.39, 0.29) is 11.9 Å². The molecule has 1 N–H and O–H groups in total. The molecule has 0 fully saturated rings. The molecule has 33 heavy (non-hydrogen) atoms. The molecule has 170 valence electrons. The Morgan fingerprint density at radius 1 is 1.15 bits per heavy atom. The molecule has 0 saturated carbocycles. The number of rotatable bonds is 8. The van der Waals surface area contributed by atoms with Gasteiger partial charge in [0.25, 0.3) is 5.91 Å². The molecule has 0 saturated heterocycles. The van der Waals surface area contributed by atoms with Gasteiger partial charge in [0, 0.05) is 23.6 Å². The molecular formula is C25H26N4O4. The van der Waals surface area contributed by atoms with Crippen LogP contribution in [0.15, 0.2) is 65.7 Å². The molecule has 4 aromatic rings. The van der Waals surface area contributed by atoms with Crippen molar-refractivity contribution in [1.29, 1.82) is 0 Å². The molecule has 8 nitrogen and oxygen atoms in total. The first-order valence-corrected chi connectivity index (χ1v) is 10.6. The van der Waals surface area contributed by atoms with Crippen molar-refractivity contribution in [3.8, 4) is 17.2 Å².